The summed E-state index contributed by atoms with van der Waals surface area (Å²) in [6.07, 6.45) is 0. The van der Waals surface area contributed by atoms with E-state index in [2.05, 4.69) is 172 Å². The molecule has 9 aromatic carbocycles. The van der Waals surface area contributed by atoms with Gasteiger partial charge in [-0.05, 0) is 116 Å². The summed E-state index contributed by atoms with van der Waals surface area (Å²) in [5, 5.41) is 4.32. The number of hydrogen-bond acceptors (Lipinski definition) is 5. The van der Waals surface area contributed by atoms with Crippen LogP contribution in [0.5, 0.6) is 0 Å². The molecule has 0 bridgehead atoms. The summed E-state index contributed by atoms with van der Waals surface area (Å²) in [4.78, 5) is 15.6. The highest BCUT2D eigenvalue weighted by Crippen LogP contribution is 2.49. The number of para-hydroxylation sites is 2. The molecule has 0 amide bonds. The van der Waals surface area contributed by atoms with Gasteiger partial charge in [0, 0.05) is 43.7 Å². The summed E-state index contributed by atoms with van der Waals surface area (Å²) in [6.45, 7) is 4.65. The molecule has 1 aliphatic carbocycles. The normalized spacial score (nSPS) is 12.9. The maximum Gasteiger partial charge on any atom is 0.164 e. The molecule has 306 valence electrons. The number of aromatic nitrogens is 3. The first-order valence-corrected chi connectivity index (χ1v) is 22.1. The molecule has 1 aliphatic rings. The summed E-state index contributed by atoms with van der Waals surface area (Å²) in [6, 6.07) is 70.4. The van der Waals surface area contributed by atoms with Gasteiger partial charge in [0.15, 0.2) is 17.5 Å². The molecular weight excluding hydrogens is 795 g/mol. The van der Waals surface area contributed by atoms with Gasteiger partial charge in [0.05, 0.1) is 0 Å². The Hall–Kier alpha value is -8.41. The van der Waals surface area contributed by atoms with Crippen molar-refractivity contribution >= 4 is 43.9 Å². The molecule has 65 heavy (non-hydrogen) atoms. The summed E-state index contributed by atoms with van der Waals surface area (Å²) >= 11 is 0. The van der Waals surface area contributed by atoms with Crippen LogP contribution in [0.2, 0.25) is 0 Å². The fourth-order valence-electron chi connectivity index (χ4n) is 9.95. The van der Waals surface area contributed by atoms with Crippen LogP contribution in [0.25, 0.3) is 123 Å². The Morgan fingerprint density at radius 1 is 0.292 bits per heavy atom. The van der Waals surface area contributed by atoms with Crippen molar-refractivity contribution in [3.05, 3.63) is 211 Å². The topological polar surface area (TPSA) is 65.0 Å². The fourth-order valence-corrected chi connectivity index (χ4v) is 9.95. The van der Waals surface area contributed by atoms with E-state index >= 15 is 0 Å². The van der Waals surface area contributed by atoms with Crippen LogP contribution in [0.1, 0.15) is 25.0 Å². The molecule has 0 fully saturated rings. The van der Waals surface area contributed by atoms with Gasteiger partial charge in [0.2, 0.25) is 0 Å². The molecule has 5 heteroatoms. The second kappa shape index (κ2) is 14.3. The standard InChI is InChI=1S/C60H39N3O2/c1-60(2)51-17-9-6-14-45(51)46-27-24-41(35-52(46)60)36-20-22-38(23-21-36)58-61-57(37-12-4-3-5-13-37)62-59(63-58)44-31-42(39-25-28-55-49(33-39)47-15-7-10-18-53(47)64-55)30-43(32-44)40-26-29-56-50(34-40)48-16-8-11-19-54(48)65-56/h3-35H,1-2H3. The molecular formula is C60H39N3O2. The first-order valence-electron chi connectivity index (χ1n) is 22.1. The smallest absolute Gasteiger partial charge is 0.164 e. The highest BCUT2D eigenvalue weighted by atomic mass is 16.3. The number of furan rings is 2. The van der Waals surface area contributed by atoms with Crippen molar-refractivity contribution in [3.63, 3.8) is 0 Å². The van der Waals surface area contributed by atoms with E-state index < -0.39 is 0 Å². The first kappa shape index (κ1) is 37.2. The molecule has 13 rings (SSSR count). The van der Waals surface area contributed by atoms with Gasteiger partial charge < -0.3 is 8.83 Å². The van der Waals surface area contributed by atoms with Gasteiger partial charge in [-0.2, -0.15) is 0 Å². The maximum atomic E-state index is 6.24. The summed E-state index contributed by atoms with van der Waals surface area (Å²) < 4.78 is 12.5. The molecule has 3 heterocycles. The van der Waals surface area contributed by atoms with Crippen molar-refractivity contribution in [2.24, 2.45) is 0 Å². The van der Waals surface area contributed by atoms with Crippen LogP contribution in [0, 0.1) is 0 Å². The Kier molecular flexibility index (Phi) is 8.18. The zero-order valence-corrected chi connectivity index (χ0v) is 35.7. The van der Waals surface area contributed by atoms with E-state index in [0.717, 1.165) is 88.4 Å². The third kappa shape index (κ3) is 6.11. The lowest BCUT2D eigenvalue weighted by Crippen LogP contribution is -2.14. The quantitative estimate of drug-likeness (QED) is 0.167. The van der Waals surface area contributed by atoms with Gasteiger partial charge in [0.1, 0.15) is 22.3 Å². The highest BCUT2D eigenvalue weighted by Gasteiger charge is 2.35. The SMILES string of the molecule is CC1(C)c2ccccc2-c2ccc(-c3ccc(-c4nc(-c5ccccc5)nc(-c5cc(-c6ccc7oc8ccccc8c7c6)cc(-c6ccc7oc8ccccc8c7c6)c5)n4)cc3)cc21. The predicted molar refractivity (Wildman–Crippen MR) is 265 cm³/mol. The second-order valence-electron chi connectivity index (χ2n) is 17.6. The Morgan fingerprint density at radius 3 is 1.35 bits per heavy atom. The van der Waals surface area contributed by atoms with E-state index in [1.807, 2.05) is 42.5 Å². The van der Waals surface area contributed by atoms with Crippen LogP contribution in [-0.2, 0) is 5.41 Å². The van der Waals surface area contributed by atoms with Crippen LogP contribution < -0.4 is 0 Å². The average Bonchev–Trinajstić information content (AvgIpc) is 4.00. The molecule has 0 unspecified atom stereocenters. The molecule has 0 aliphatic heterocycles. The lowest BCUT2D eigenvalue weighted by atomic mass is 9.81. The number of rotatable bonds is 6. The molecule has 0 spiro atoms. The van der Waals surface area contributed by atoms with E-state index in [0.29, 0.717) is 17.5 Å². The zero-order valence-electron chi connectivity index (χ0n) is 35.7. The largest absolute Gasteiger partial charge is 0.456 e. The van der Waals surface area contributed by atoms with Gasteiger partial charge >= 0.3 is 0 Å². The van der Waals surface area contributed by atoms with Crippen LogP contribution in [0.4, 0.5) is 0 Å². The van der Waals surface area contributed by atoms with Crippen molar-refractivity contribution in [3.8, 4) is 78.7 Å². The minimum atomic E-state index is -0.0745. The van der Waals surface area contributed by atoms with Crippen molar-refractivity contribution in [2.75, 3.05) is 0 Å². The van der Waals surface area contributed by atoms with Crippen LogP contribution in [-0.4, -0.2) is 15.0 Å². The van der Waals surface area contributed by atoms with E-state index in [-0.39, 0.29) is 5.41 Å². The van der Waals surface area contributed by atoms with Gasteiger partial charge in [-0.25, -0.2) is 15.0 Å². The summed E-state index contributed by atoms with van der Waals surface area (Å²) in [7, 11) is 0. The van der Waals surface area contributed by atoms with Crippen LogP contribution >= 0.6 is 0 Å². The number of benzene rings is 9. The van der Waals surface area contributed by atoms with Gasteiger partial charge in [-0.3, -0.25) is 0 Å². The molecule has 0 atom stereocenters. The Labute approximate surface area is 375 Å². The monoisotopic (exact) mass is 833 g/mol. The third-order valence-electron chi connectivity index (χ3n) is 13.3. The number of nitrogens with zero attached hydrogens (tertiary/aromatic N) is 3. The molecule has 0 radical (unpaired) electrons. The van der Waals surface area contributed by atoms with Crippen molar-refractivity contribution in [1.29, 1.82) is 0 Å². The minimum Gasteiger partial charge on any atom is -0.456 e. The van der Waals surface area contributed by atoms with Gasteiger partial charge in [-0.15, -0.1) is 0 Å². The fraction of sp³-hybridized carbons (Fsp3) is 0.0500. The Morgan fingerprint density at radius 2 is 0.723 bits per heavy atom. The minimum absolute atomic E-state index is 0.0745. The molecule has 5 nitrogen and oxygen atoms in total. The molecule has 3 aromatic heterocycles. The van der Waals surface area contributed by atoms with Crippen LogP contribution in [0.15, 0.2) is 209 Å². The second-order valence-corrected chi connectivity index (χ2v) is 17.6. The molecule has 0 N–H and O–H groups in total. The van der Waals surface area contributed by atoms with Gasteiger partial charge in [0.25, 0.3) is 0 Å². The van der Waals surface area contributed by atoms with Crippen molar-refractivity contribution < 1.29 is 8.83 Å². The van der Waals surface area contributed by atoms with E-state index in [1.165, 1.54) is 27.8 Å². The van der Waals surface area contributed by atoms with E-state index in [1.54, 1.807) is 0 Å². The molecule has 0 saturated heterocycles. The number of hydrogen-bond donors (Lipinski definition) is 0. The highest BCUT2D eigenvalue weighted by molar-refractivity contribution is 6.08. The zero-order chi connectivity index (χ0) is 43.2. The lowest BCUT2D eigenvalue weighted by molar-refractivity contribution is 0.660. The molecule has 12 aromatic rings. The average molecular weight is 834 g/mol. The van der Waals surface area contributed by atoms with Crippen LogP contribution in [0.3, 0.4) is 0 Å². The van der Waals surface area contributed by atoms with Crippen molar-refractivity contribution in [2.45, 2.75) is 19.3 Å². The third-order valence-corrected chi connectivity index (χ3v) is 13.3. The van der Waals surface area contributed by atoms with Crippen molar-refractivity contribution in [1.82, 2.24) is 15.0 Å². The maximum absolute atomic E-state index is 6.24. The lowest BCUT2D eigenvalue weighted by Gasteiger charge is -2.22. The number of fused-ring (bicyclic) bond motifs is 9. The Balaban J connectivity index is 0.958. The summed E-state index contributed by atoms with van der Waals surface area (Å²) in [5.41, 5.74) is 18.0. The predicted octanol–water partition coefficient (Wildman–Crippen LogP) is 16.0. The van der Waals surface area contributed by atoms with E-state index in [9.17, 15) is 0 Å². The summed E-state index contributed by atoms with van der Waals surface area (Å²) in [5.74, 6) is 1.81. The first-order chi connectivity index (χ1) is 31.9. The Bertz CT molecular complexity index is 3730. The van der Waals surface area contributed by atoms with E-state index in [4.69, 9.17) is 23.8 Å². The van der Waals surface area contributed by atoms with Gasteiger partial charge in [-0.1, -0.05) is 153 Å². The molecule has 0 saturated carbocycles.